The quantitative estimate of drug-likeness (QED) is 0.725. The summed E-state index contributed by atoms with van der Waals surface area (Å²) in [6.45, 7) is 3.40. The highest BCUT2D eigenvalue weighted by Gasteiger charge is 2.42. The fraction of sp³-hybridized carbons (Fsp3) is 0.579. The largest absolute Gasteiger partial charge is 0.350 e. The molecule has 2 aromatic heterocycles. The van der Waals surface area contributed by atoms with Gasteiger partial charge < -0.3 is 10.6 Å². The molecule has 0 unspecified atom stereocenters. The number of nitrogens with two attached hydrogens (primary N) is 1. The van der Waals surface area contributed by atoms with Gasteiger partial charge in [0, 0.05) is 29.5 Å². The van der Waals surface area contributed by atoms with Gasteiger partial charge in [-0.05, 0) is 58.2 Å². The lowest BCUT2D eigenvalue weighted by Gasteiger charge is -2.39. The number of rotatable bonds is 6. The summed E-state index contributed by atoms with van der Waals surface area (Å²) in [5.41, 5.74) is 6.51. The van der Waals surface area contributed by atoms with Crippen LogP contribution in [0.5, 0.6) is 0 Å². The molecular weight excluding hydrogens is 424 g/mol. The van der Waals surface area contributed by atoms with Crippen molar-refractivity contribution in [3.05, 3.63) is 28.2 Å². The molecule has 0 bridgehead atoms. The number of nitrogens with zero attached hydrogens (tertiary/aromatic N) is 5. The molecule has 30 heavy (non-hydrogen) atoms. The molecule has 0 radical (unpaired) electrons. The van der Waals surface area contributed by atoms with Crippen molar-refractivity contribution >= 4 is 39.0 Å². The standard InChI is InChI=1S/C19H28N6O3S2/c1-13-9-17(18(29-13)14-6-7-14)25(19(20)26)30(27,28)24(16-10-21-23(3)12-16)15-5-4-8-22(2)11-15/h9-10,12,14-15H,4-8,11H2,1-3H3,(H2,20,26)/t15-/m1/s1. The molecule has 2 fully saturated rings. The number of hydrogen-bond acceptors (Lipinski definition) is 6. The molecule has 3 heterocycles. The van der Waals surface area contributed by atoms with Gasteiger partial charge in [0.05, 0.1) is 23.6 Å². The third-order valence-corrected chi connectivity index (χ3v) is 8.63. The van der Waals surface area contributed by atoms with Crippen molar-refractivity contribution in [2.75, 3.05) is 28.7 Å². The normalized spacial score (nSPS) is 20.3. The van der Waals surface area contributed by atoms with Crippen LogP contribution in [0, 0.1) is 6.92 Å². The van der Waals surface area contributed by atoms with Crippen LogP contribution >= 0.6 is 11.3 Å². The van der Waals surface area contributed by atoms with E-state index in [-0.39, 0.29) is 6.04 Å². The monoisotopic (exact) mass is 452 g/mol. The summed E-state index contributed by atoms with van der Waals surface area (Å²) < 4.78 is 31.7. The van der Waals surface area contributed by atoms with Gasteiger partial charge in [-0.3, -0.25) is 4.68 Å². The van der Waals surface area contributed by atoms with E-state index in [9.17, 15) is 13.2 Å². The minimum absolute atomic E-state index is 0.295. The Hall–Kier alpha value is -2.11. The maximum atomic E-state index is 14.0. The molecule has 1 aliphatic heterocycles. The average molecular weight is 453 g/mol. The maximum Gasteiger partial charge on any atom is 0.334 e. The maximum absolute atomic E-state index is 14.0. The number of piperidine rings is 1. The number of thiophene rings is 1. The number of primary amides is 1. The predicted molar refractivity (Wildman–Crippen MR) is 118 cm³/mol. The van der Waals surface area contributed by atoms with Gasteiger partial charge in [-0.1, -0.05) is 0 Å². The van der Waals surface area contributed by atoms with Gasteiger partial charge in [0.15, 0.2) is 0 Å². The Morgan fingerprint density at radius 2 is 2.03 bits per heavy atom. The Labute approximate surface area is 181 Å². The lowest BCUT2D eigenvalue weighted by atomic mass is 10.1. The zero-order valence-electron chi connectivity index (χ0n) is 17.5. The van der Waals surface area contributed by atoms with E-state index in [2.05, 4.69) is 10.00 Å². The van der Waals surface area contributed by atoms with E-state index in [1.807, 2.05) is 14.0 Å². The van der Waals surface area contributed by atoms with Crippen LogP contribution < -0.4 is 14.3 Å². The van der Waals surface area contributed by atoms with E-state index < -0.39 is 16.2 Å². The van der Waals surface area contributed by atoms with Crippen LogP contribution in [-0.2, 0) is 17.3 Å². The molecule has 0 aromatic carbocycles. The molecule has 0 spiro atoms. The van der Waals surface area contributed by atoms with Crippen molar-refractivity contribution < 1.29 is 13.2 Å². The second kappa shape index (κ2) is 7.86. The van der Waals surface area contributed by atoms with Crippen LogP contribution in [0.25, 0.3) is 0 Å². The fourth-order valence-corrected chi connectivity index (χ4v) is 7.09. The van der Waals surface area contributed by atoms with Crippen LogP contribution in [0.1, 0.15) is 41.4 Å². The number of aryl methyl sites for hydroxylation is 2. The molecule has 1 saturated carbocycles. The highest BCUT2D eigenvalue weighted by Crippen LogP contribution is 2.49. The molecule has 1 saturated heterocycles. The van der Waals surface area contributed by atoms with Crippen LogP contribution in [0.15, 0.2) is 18.5 Å². The minimum Gasteiger partial charge on any atom is -0.350 e. The van der Waals surface area contributed by atoms with Crippen molar-refractivity contribution in [3.8, 4) is 0 Å². The Kier molecular flexibility index (Phi) is 5.54. The van der Waals surface area contributed by atoms with Crippen LogP contribution in [0.2, 0.25) is 0 Å². The number of carbonyl (C=O) groups is 1. The summed E-state index contributed by atoms with van der Waals surface area (Å²) in [5, 5.41) is 4.17. The van der Waals surface area contributed by atoms with Gasteiger partial charge in [-0.2, -0.15) is 17.8 Å². The van der Waals surface area contributed by atoms with Gasteiger partial charge in [0.2, 0.25) is 0 Å². The van der Waals surface area contributed by atoms with Crippen LogP contribution in [-0.4, -0.2) is 55.3 Å². The summed E-state index contributed by atoms with van der Waals surface area (Å²) in [4.78, 5) is 16.5. The summed E-state index contributed by atoms with van der Waals surface area (Å²) in [5.74, 6) is 0.295. The van der Waals surface area contributed by atoms with E-state index in [4.69, 9.17) is 5.73 Å². The Bertz CT molecular complexity index is 1040. The summed E-state index contributed by atoms with van der Waals surface area (Å²) >= 11 is 1.54. The lowest BCUT2D eigenvalue weighted by molar-refractivity contribution is 0.252. The first-order valence-corrected chi connectivity index (χ1v) is 12.3. The summed E-state index contributed by atoms with van der Waals surface area (Å²) in [7, 11) is -0.566. The Balaban J connectivity index is 1.82. The Morgan fingerprint density at radius 3 is 2.60 bits per heavy atom. The van der Waals surface area contributed by atoms with Crippen molar-refractivity contribution in [2.24, 2.45) is 12.8 Å². The number of urea groups is 1. The number of anilines is 2. The van der Waals surface area contributed by atoms with Crippen LogP contribution in [0.4, 0.5) is 16.2 Å². The first kappa shape index (κ1) is 21.1. The van der Waals surface area contributed by atoms with Crippen molar-refractivity contribution in [2.45, 2.75) is 44.6 Å². The number of amides is 2. The third-order valence-electron chi connectivity index (χ3n) is 5.59. The zero-order chi connectivity index (χ0) is 21.6. The molecule has 2 aromatic rings. The number of likely N-dealkylation sites (N-methyl/N-ethyl adjacent to an activating group) is 1. The predicted octanol–water partition coefficient (Wildman–Crippen LogP) is 2.40. The number of hydrogen-bond donors (Lipinski definition) is 1. The smallest absolute Gasteiger partial charge is 0.334 e. The SMILES string of the molecule is Cc1cc(N(C(N)=O)S(=O)(=O)N(c2cnn(C)c2)[C@@H]2CCCN(C)C2)c(C2CC2)s1. The molecule has 9 nitrogen and oxygen atoms in total. The van der Waals surface area contributed by atoms with E-state index in [1.54, 1.807) is 24.0 Å². The molecule has 164 valence electrons. The van der Waals surface area contributed by atoms with Crippen LogP contribution in [0.3, 0.4) is 0 Å². The molecular formula is C19H28N6O3S2. The van der Waals surface area contributed by atoms with Gasteiger partial charge in [-0.25, -0.2) is 9.10 Å². The highest BCUT2D eigenvalue weighted by atomic mass is 32.2. The minimum atomic E-state index is -4.27. The second-order valence-electron chi connectivity index (χ2n) is 8.22. The van der Waals surface area contributed by atoms with E-state index in [0.29, 0.717) is 30.3 Å². The van der Waals surface area contributed by atoms with E-state index >= 15 is 0 Å². The van der Waals surface area contributed by atoms with Crippen molar-refractivity contribution in [1.29, 1.82) is 0 Å². The topological polar surface area (TPSA) is 105 Å². The lowest BCUT2D eigenvalue weighted by Crippen LogP contribution is -2.56. The number of carbonyl (C=O) groups excluding carboxylic acids is 1. The Morgan fingerprint density at radius 1 is 1.30 bits per heavy atom. The van der Waals surface area contributed by atoms with Gasteiger partial charge >= 0.3 is 16.2 Å². The number of likely N-dealkylation sites (tertiary alicyclic amines) is 1. The highest BCUT2D eigenvalue weighted by molar-refractivity contribution is 7.95. The van der Waals surface area contributed by atoms with Gasteiger partial charge in [0.1, 0.15) is 0 Å². The first-order chi connectivity index (χ1) is 14.2. The van der Waals surface area contributed by atoms with Gasteiger partial charge in [-0.15, -0.1) is 11.3 Å². The zero-order valence-corrected chi connectivity index (χ0v) is 19.1. The first-order valence-electron chi connectivity index (χ1n) is 10.1. The summed E-state index contributed by atoms with van der Waals surface area (Å²) in [6, 6.07) is 0.450. The molecule has 2 amide bonds. The van der Waals surface area contributed by atoms with Crippen molar-refractivity contribution in [1.82, 2.24) is 14.7 Å². The fourth-order valence-electron chi connectivity index (χ4n) is 4.15. The molecule has 1 atom stereocenters. The summed E-state index contributed by atoms with van der Waals surface area (Å²) in [6.07, 6.45) is 6.74. The third kappa shape index (κ3) is 3.93. The molecule has 1 aliphatic carbocycles. The van der Waals surface area contributed by atoms with Gasteiger partial charge in [0.25, 0.3) is 0 Å². The molecule has 2 N–H and O–H groups in total. The average Bonchev–Trinajstić information content (AvgIpc) is 3.30. The van der Waals surface area contributed by atoms with Crippen molar-refractivity contribution in [3.63, 3.8) is 0 Å². The van der Waals surface area contributed by atoms with E-state index in [0.717, 1.165) is 39.9 Å². The molecule has 11 heteroatoms. The number of aromatic nitrogens is 2. The molecule has 2 aliphatic rings. The second-order valence-corrected chi connectivity index (χ2v) is 11.2. The molecule has 4 rings (SSSR count). The van der Waals surface area contributed by atoms with E-state index in [1.165, 1.54) is 21.8 Å².